The Hall–Kier alpha value is -1.59. The molecule has 0 bridgehead atoms. The predicted molar refractivity (Wildman–Crippen MR) is 71.1 cm³/mol. The van der Waals surface area contributed by atoms with E-state index >= 15 is 0 Å². The van der Waals surface area contributed by atoms with Crippen molar-refractivity contribution in [1.82, 2.24) is 0 Å². The molecule has 2 rings (SSSR count). The average Bonchev–Trinajstić information content (AvgIpc) is 2.40. The van der Waals surface area contributed by atoms with E-state index in [0.717, 1.165) is 12.0 Å². The smallest absolute Gasteiger partial charge is 0.265 e. The topological polar surface area (TPSA) is 78.8 Å². The van der Waals surface area contributed by atoms with Crippen molar-refractivity contribution in [3.05, 3.63) is 23.8 Å². The molecule has 0 saturated heterocycles. The van der Waals surface area contributed by atoms with E-state index in [4.69, 9.17) is 9.84 Å². The molecule has 19 heavy (non-hydrogen) atoms. The van der Waals surface area contributed by atoms with Gasteiger partial charge in [-0.15, -0.1) is 0 Å². The van der Waals surface area contributed by atoms with Crippen LogP contribution in [0.5, 0.6) is 5.75 Å². The Labute approximate surface area is 112 Å². The van der Waals surface area contributed by atoms with Crippen LogP contribution in [0.1, 0.15) is 37.9 Å². The van der Waals surface area contributed by atoms with Crippen molar-refractivity contribution in [2.75, 3.05) is 11.9 Å². The van der Waals surface area contributed by atoms with E-state index in [1.54, 1.807) is 25.1 Å². The second kappa shape index (κ2) is 6.04. The van der Waals surface area contributed by atoms with Crippen molar-refractivity contribution in [3.63, 3.8) is 0 Å². The summed E-state index contributed by atoms with van der Waals surface area (Å²) in [6, 6.07) is 5.30. The number of unbranched alkanes of at least 4 members (excludes halogenated alkanes) is 1. The molecule has 1 amide bonds. The van der Waals surface area contributed by atoms with Gasteiger partial charge in [-0.25, -0.2) is 0 Å². The van der Waals surface area contributed by atoms with Crippen LogP contribution in [0.2, 0.25) is 0 Å². The maximum absolute atomic E-state index is 11.5. The third-order valence-corrected chi connectivity index (χ3v) is 3.20. The van der Waals surface area contributed by atoms with Crippen LogP contribution < -0.4 is 10.1 Å². The Morgan fingerprint density at radius 2 is 2.21 bits per heavy atom. The third kappa shape index (κ3) is 3.24. The number of aliphatic hydroxyl groups is 2. The molecule has 0 aliphatic carbocycles. The summed E-state index contributed by atoms with van der Waals surface area (Å²) in [7, 11) is 0. The molecule has 0 spiro atoms. The molecule has 5 heteroatoms. The van der Waals surface area contributed by atoms with Gasteiger partial charge in [-0.1, -0.05) is 6.07 Å². The molecule has 2 atom stereocenters. The number of rotatable bonds is 5. The van der Waals surface area contributed by atoms with Crippen molar-refractivity contribution in [3.8, 4) is 5.75 Å². The van der Waals surface area contributed by atoms with Gasteiger partial charge in [-0.2, -0.15) is 0 Å². The van der Waals surface area contributed by atoms with Crippen LogP contribution in [0.15, 0.2) is 18.2 Å². The van der Waals surface area contributed by atoms with E-state index in [0.29, 0.717) is 24.3 Å². The Kier molecular flexibility index (Phi) is 4.39. The van der Waals surface area contributed by atoms with Crippen molar-refractivity contribution < 1.29 is 19.7 Å². The van der Waals surface area contributed by atoms with Gasteiger partial charge in [0.15, 0.2) is 6.10 Å². The summed E-state index contributed by atoms with van der Waals surface area (Å²) in [5.74, 6) is 0.442. The number of amides is 1. The van der Waals surface area contributed by atoms with Gasteiger partial charge < -0.3 is 20.3 Å². The predicted octanol–water partition coefficient (Wildman–Crippen LogP) is 1.60. The minimum absolute atomic E-state index is 0.138. The SMILES string of the molecule is CC1Oc2ccc(C(O)CCCCO)cc2NC1=O. The van der Waals surface area contributed by atoms with Crippen LogP contribution in [0.4, 0.5) is 5.69 Å². The first-order valence-electron chi connectivity index (χ1n) is 6.52. The van der Waals surface area contributed by atoms with Crippen molar-refractivity contribution >= 4 is 11.6 Å². The lowest BCUT2D eigenvalue weighted by Crippen LogP contribution is -2.34. The lowest BCUT2D eigenvalue weighted by molar-refractivity contribution is -0.122. The maximum Gasteiger partial charge on any atom is 0.265 e. The monoisotopic (exact) mass is 265 g/mol. The van der Waals surface area contributed by atoms with E-state index in [1.165, 1.54) is 0 Å². The lowest BCUT2D eigenvalue weighted by Gasteiger charge is -2.24. The summed E-state index contributed by atoms with van der Waals surface area (Å²) in [5.41, 5.74) is 1.34. The number of aliphatic hydroxyl groups excluding tert-OH is 2. The fraction of sp³-hybridized carbons (Fsp3) is 0.500. The molecule has 2 unspecified atom stereocenters. The van der Waals surface area contributed by atoms with Gasteiger partial charge in [0.05, 0.1) is 11.8 Å². The number of carbonyl (C=O) groups is 1. The highest BCUT2D eigenvalue weighted by Crippen LogP contribution is 2.33. The zero-order valence-electron chi connectivity index (χ0n) is 10.9. The molecule has 0 fully saturated rings. The highest BCUT2D eigenvalue weighted by Gasteiger charge is 2.24. The van der Waals surface area contributed by atoms with E-state index in [9.17, 15) is 9.90 Å². The normalized spacial score (nSPS) is 19.3. The summed E-state index contributed by atoms with van der Waals surface area (Å²) in [6.45, 7) is 1.83. The maximum atomic E-state index is 11.5. The first kappa shape index (κ1) is 13.8. The third-order valence-electron chi connectivity index (χ3n) is 3.20. The summed E-state index contributed by atoms with van der Waals surface area (Å²) < 4.78 is 5.45. The fourth-order valence-electron chi connectivity index (χ4n) is 2.05. The van der Waals surface area contributed by atoms with Crippen LogP contribution in [0.3, 0.4) is 0 Å². The molecular weight excluding hydrogens is 246 g/mol. The number of fused-ring (bicyclic) bond motifs is 1. The first-order chi connectivity index (χ1) is 9.11. The number of anilines is 1. The van der Waals surface area contributed by atoms with Gasteiger partial charge >= 0.3 is 0 Å². The van der Waals surface area contributed by atoms with Crippen LogP contribution >= 0.6 is 0 Å². The molecule has 3 N–H and O–H groups in total. The number of hydrogen-bond donors (Lipinski definition) is 3. The van der Waals surface area contributed by atoms with Gasteiger partial charge in [0.25, 0.3) is 5.91 Å². The van der Waals surface area contributed by atoms with E-state index in [2.05, 4.69) is 5.32 Å². The molecular formula is C14H19NO4. The zero-order chi connectivity index (χ0) is 13.8. The van der Waals surface area contributed by atoms with Crippen molar-refractivity contribution in [1.29, 1.82) is 0 Å². The van der Waals surface area contributed by atoms with Crippen LogP contribution in [-0.2, 0) is 4.79 Å². The molecule has 104 valence electrons. The molecule has 5 nitrogen and oxygen atoms in total. The summed E-state index contributed by atoms with van der Waals surface area (Å²) in [4.78, 5) is 11.5. The van der Waals surface area contributed by atoms with Crippen LogP contribution in [0.25, 0.3) is 0 Å². The summed E-state index contributed by atoms with van der Waals surface area (Å²) >= 11 is 0. The van der Waals surface area contributed by atoms with Gasteiger partial charge in [0.2, 0.25) is 0 Å². The van der Waals surface area contributed by atoms with Gasteiger partial charge in [0, 0.05) is 6.61 Å². The first-order valence-corrected chi connectivity index (χ1v) is 6.52. The molecule has 1 aromatic rings. The summed E-state index contributed by atoms with van der Waals surface area (Å²) in [5, 5.41) is 21.5. The van der Waals surface area contributed by atoms with Crippen LogP contribution in [-0.4, -0.2) is 28.8 Å². The number of ether oxygens (including phenoxy) is 1. The number of carbonyl (C=O) groups excluding carboxylic acids is 1. The Bertz CT molecular complexity index is 461. The van der Waals surface area contributed by atoms with Crippen molar-refractivity contribution in [2.24, 2.45) is 0 Å². The quantitative estimate of drug-likeness (QED) is 0.707. The van der Waals surface area contributed by atoms with E-state index in [-0.39, 0.29) is 12.5 Å². The van der Waals surface area contributed by atoms with Gasteiger partial charge in [0.1, 0.15) is 5.75 Å². The molecule has 1 aliphatic rings. The van der Waals surface area contributed by atoms with E-state index < -0.39 is 12.2 Å². The van der Waals surface area contributed by atoms with E-state index in [1.807, 2.05) is 0 Å². The molecule has 1 aliphatic heterocycles. The Balaban J connectivity index is 2.08. The number of hydrogen-bond acceptors (Lipinski definition) is 4. The molecule has 0 saturated carbocycles. The fourth-order valence-corrected chi connectivity index (χ4v) is 2.05. The minimum Gasteiger partial charge on any atom is -0.479 e. The van der Waals surface area contributed by atoms with Crippen molar-refractivity contribution in [2.45, 2.75) is 38.4 Å². The second-order valence-electron chi connectivity index (χ2n) is 4.74. The highest BCUT2D eigenvalue weighted by atomic mass is 16.5. The molecule has 0 radical (unpaired) electrons. The Morgan fingerprint density at radius 3 is 2.95 bits per heavy atom. The van der Waals surface area contributed by atoms with Gasteiger partial charge in [-0.3, -0.25) is 4.79 Å². The zero-order valence-corrected chi connectivity index (χ0v) is 10.9. The molecule has 1 heterocycles. The lowest BCUT2D eigenvalue weighted by atomic mass is 10.0. The highest BCUT2D eigenvalue weighted by molar-refractivity contribution is 5.97. The second-order valence-corrected chi connectivity index (χ2v) is 4.74. The number of nitrogens with one attached hydrogen (secondary N) is 1. The average molecular weight is 265 g/mol. The Morgan fingerprint density at radius 1 is 1.42 bits per heavy atom. The minimum atomic E-state index is -0.590. The van der Waals surface area contributed by atoms with Gasteiger partial charge in [-0.05, 0) is 43.9 Å². The number of benzene rings is 1. The van der Waals surface area contributed by atoms with Crippen LogP contribution in [0, 0.1) is 0 Å². The molecule has 0 aromatic heterocycles. The summed E-state index contributed by atoms with van der Waals surface area (Å²) in [6.07, 6.45) is 0.944. The standard InChI is InChI=1S/C14H19NO4/c1-9-14(18)15-11-8-10(5-6-13(11)19-9)12(17)4-2-3-7-16/h5-6,8-9,12,16-17H,2-4,7H2,1H3,(H,15,18). The molecule has 1 aromatic carbocycles. The largest absolute Gasteiger partial charge is 0.479 e.